The Morgan fingerprint density at radius 1 is 1.40 bits per heavy atom. The zero-order chi connectivity index (χ0) is 10.7. The molecule has 0 aromatic carbocycles. The van der Waals surface area contributed by atoms with Crippen molar-refractivity contribution >= 4 is 17.6 Å². The summed E-state index contributed by atoms with van der Waals surface area (Å²) in [5, 5.41) is 8.66. The van der Waals surface area contributed by atoms with Gasteiger partial charge < -0.3 is 9.84 Å². The summed E-state index contributed by atoms with van der Waals surface area (Å²) in [5.74, 6) is 6.26. The highest BCUT2D eigenvalue weighted by Crippen LogP contribution is 2.24. The maximum Gasteiger partial charge on any atom is 0.282 e. The fourth-order valence-corrected chi connectivity index (χ4v) is 1.58. The minimum atomic E-state index is 0.439. The van der Waals surface area contributed by atoms with Crippen LogP contribution in [0.2, 0.25) is 0 Å². The lowest BCUT2D eigenvalue weighted by Crippen LogP contribution is -2.08. The third-order valence-corrected chi connectivity index (χ3v) is 2.26. The maximum atomic E-state index is 5.22. The summed E-state index contributed by atoms with van der Waals surface area (Å²) in [4.78, 5) is 7.90. The zero-order valence-electron chi connectivity index (χ0n) is 7.84. The number of hydrogen-bond donors (Lipinski definition) is 2. The Morgan fingerprint density at radius 3 is 2.93 bits per heavy atom. The van der Waals surface area contributed by atoms with Crippen LogP contribution in [0.25, 0.3) is 0 Å². The van der Waals surface area contributed by atoms with Crippen molar-refractivity contribution in [1.82, 2.24) is 20.2 Å². The van der Waals surface area contributed by atoms with Crippen molar-refractivity contribution in [3.8, 4) is 0 Å². The van der Waals surface area contributed by atoms with Crippen molar-refractivity contribution in [2.75, 3.05) is 5.43 Å². The molecule has 0 saturated heterocycles. The van der Waals surface area contributed by atoms with Crippen molar-refractivity contribution in [3.63, 3.8) is 0 Å². The molecule has 78 valence electrons. The third-order valence-electron chi connectivity index (χ3n) is 1.49. The van der Waals surface area contributed by atoms with Gasteiger partial charge in [0.1, 0.15) is 17.2 Å². The minimum absolute atomic E-state index is 0.439. The molecule has 2 aromatic rings. The van der Waals surface area contributed by atoms with Gasteiger partial charge in [-0.15, -0.1) is 10.2 Å². The molecule has 3 N–H and O–H groups in total. The molecule has 0 fully saturated rings. The lowest BCUT2D eigenvalue weighted by molar-refractivity contribution is 0.429. The Kier molecular flexibility index (Phi) is 2.79. The molecular formula is C7H8N6OS. The largest absolute Gasteiger partial charge is 0.416 e. The first-order valence-corrected chi connectivity index (χ1v) is 4.86. The first kappa shape index (κ1) is 9.87. The van der Waals surface area contributed by atoms with Gasteiger partial charge in [0, 0.05) is 13.0 Å². The second-order valence-corrected chi connectivity index (χ2v) is 3.55. The van der Waals surface area contributed by atoms with Crippen molar-refractivity contribution < 1.29 is 4.42 Å². The van der Waals surface area contributed by atoms with E-state index in [1.54, 1.807) is 13.0 Å². The van der Waals surface area contributed by atoms with Gasteiger partial charge in [0.05, 0.1) is 0 Å². The summed E-state index contributed by atoms with van der Waals surface area (Å²) >= 11 is 1.25. The maximum absolute atomic E-state index is 5.22. The van der Waals surface area contributed by atoms with Gasteiger partial charge in [-0.1, -0.05) is 0 Å². The number of nitrogens with one attached hydrogen (secondary N) is 1. The molecule has 8 heteroatoms. The monoisotopic (exact) mass is 224 g/mol. The zero-order valence-corrected chi connectivity index (χ0v) is 8.65. The second-order valence-electron chi connectivity index (χ2n) is 2.57. The van der Waals surface area contributed by atoms with Gasteiger partial charge >= 0.3 is 0 Å². The number of anilines is 1. The average molecular weight is 224 g/mol. The van der Waals surface area contributed by atoms with E-state index < -0.39 is 0 Å². The molecule has 0 spiro atoms. The van der Waals surface area contributed by atoms with Crippen molar-refractivity contribution in [2.45, 2.75) is 17.2 Å². The van der Waals surface area contributed by atoms with Gasteiger partial charge in [-0.05, 0) is 11.8 Å². The summed E-state index contributed by atoms with van der Waals surface area (Å²) in [6, 6.07) is 1.68. The van der Waals surface area contributed by atoms with Gasteiger partial charge in [-0.25, -0.2) is 15.8 Å². The lowest BCUT2D eigenvalue weighted by Gasteiger charge is -1.99. The van der Waals surface area contributed by atoms with E-state index in [1.165, 1.54) is 18.1 Å². The summed E-state index contributed by atoms with van der Waals surface area (Å²) in [7, 11) is 0. The molecule has 2 rings (SSSR count). The Balaban J connectivity index is 2.16. The van der Waals surface area contributed by atoms with Gasteiger partial charge in [-0.3, -0.25) is 0 Å². The smallest absolute Gasteiger partial charge is 0.282 e. The van der Waals surface area contributed by atoms with Crippen LogP contribution in [0, 0.1) is 6.92 Å². The highest BCUT2D eigenvalue weighted by molar-refractivity contribution is 7.99. The standard InChI is InChI=1S/C7H8N6OS/c1-4-12-13-7(14-4)15-6-2-5(11-8)9-3-10-6/h2-3H,8H2,1H3,(H,9,10,11). The number of hydrogen-bond acceptors (Lipinski definition) is 8. The SMILES string of the molecule is Cc1nnc(Sc2cc(NN)ncn2)o1. The molecule has 0 saturated carbocycles. The molecule has 2 heterocycles. The Hall–Kier alpha value is -1.67. The van der Waals surface area contributed by atoms with E-state index >= 15 is 0 Å². The van der Waals surface area contributed by atoms with Gasteiger partial charge in [0.2, 0.25) is 5.89 Å². The normalized spacial score (nSPS) is 10.3. The van der Waals surface area contributed by atoms with Crippen LogP contribution in [0.5, 0.6) is 0 Å². The molecule has 2 aromatic heterocycles. The van der Waals surface area contributed by atoms with Crippen LogP contribution < -0.4 is 11.3 Å². The molecule has 7 nitrogen and oxygen atoms in total. The number of aryl methyl sites for hydroxylation is 1. The average Bonchev–Trinajstić information content (AvgIpc) is 2.64. The Labute approximate surface area is 89.5 Å². The highest BCUT2D eigenvalue weighted by Gasteiger charge is 2.06. The number of nitrogens with two attached hydrogens (primary N) is 1. The predicted octanol–water partition coefficient (Wildman–Crippen LogP) is 0.605. The summed E-state index contributed by atoms with van der Waals surface area (Å²) in [6.07, 6.45) is 1.40. The highest BCUT2D eigenvalue weighted by atomic mass is 32.2. The van der Waals surface area contributed by atoms with E-state index in [1.807, 2.05) is 0 Å². The third kappa shape index (κ3) is 2.42. The Bertz CT molecular complexity index is 458. The van der Waals surface area contributed by atoms with E-state index in [4.69, 9.17) is 10.3 Å². The van der Waals surface area contributed by atoms with E-state index in [9.17, 15) is 0 Å². The molecule has 0 aliphatic rings. The van der Waals surface area contributed by atoms with Crippen molar-refractivity contribution in [1.29, 1.82) is 0 Å². The van der Waals surface area contributed by atoms with Crippen molar-refractivity contribution in [2.24, 2.45) is 5.84 Å². The van der Waals surface area contributed by atoms with Gasteiger partial charge in [0.15, 0.2) is 0 Å². The van der Waals surface area contributed by atoms with E-state index in [0.717, 1.165) is 0 Å². The molecular weight excluding hydrogens is 216 g/mol. The molecule has 0 aliphatic heterocycles. The first-order chi connectivity index (χ1) is 7.28. The second kappa shape index (κ2) is 4.24. The van der Waals surface area contributed by atoms with Crippen LogP contribution in [-0.2, 0) is 0 Å². The van der Waals surface area contributed by atoms with Crippen molar-refractivity contribution in [3.05, 3.63) is 18.3 Å². The van der Waals surface area contributed by atoms with E-state index in [-0.39, 0.29) is 0 Å². The van der Waals surface area contributed by atoms with E-state index in [0.29, 0.717) is 22.0 Å². The molecule has 15 heavy (non-hydrogen) atoms. The number of hydrazine groups is 1. The molecule has 0 unspecified atom stereocenters. The quantitative estimate of drug-likeness (QED) is 0.444. The number of nitrogens with zero attached hydrogens (tertiary/aromatic N) is 4. The van der Waals surface area contributed by atoms with Crippen LogP contribution >= 0.6 is 11.8 Å². The van der Waals surface area contributed by atoms with E-state index in [2.05, 4.69) is 25.6 Å². The number of nitrogen functional groups attached to an aromatic ring is 1. The van der Waals surface area contributed by atoms with Crippen LogP contribution in [0.3, 0.4) is 0 Å². The molecule has 0 radical (unpaired) electrons. The van der Waals surface area contributed by atoms with Crippen LogP contribution in [-0.4, -0.2) is 20.2 Å². The number of rotatable bonds is 3. The lowest BCUT2D eigenvalue weighted by atomic mass is 10.6. The van der Waals surface area contributed by atoms with Gasteiger partial charge in [-0.2, -0.15) is 0 Å². The topological polar surface area (TPSA) is 103 Å². The first-order valence-electron chi connectivity index (χ1n) is 4.04. The minimum Gasteiger partial charge on any atom is -0.416 e. The fraction of sp³-hybridized carbons (Fsp3) is 0.143. The summed E-state index contributed by atoms with van der Waals surface area (Å²) in [6.45, 7) is 1.73. The Morgan fingerprint density at radius 2 is 2.27 bits per heavy atom. The van der Waals surface area contributed by atoms with Crippen LogP contribution in [0.1, 0.15) is 5.89 Å². The fourth-order valence-electron chi connectivity index (χ4n) is 0.883. The number of aromatic nitrogens is 4. The molecule has 0 bridgehead atoms. The summed E-state index contributed by atoms with van der Waals surface area (Å²) in [5.41, 5.74) is 2.43. The van der Waals surface area contributed by atoms with Crippen LogP contribution in [0.15, 0.2) is 27.1 Å². The summed E-state index contributed by atoms with van der Waals surface area (Å²) < 4.78 is 5.19. The van der Waals surface area contributed by atoms with Crippen LogP contribution in [0.4, 0.5) is 5.82 Å². The molecule has 0 atom stereocenters. The molecule has 0 aliphatic carbocycles. The van der Waals surface area contributed by atoms with Gasteiger partial charge in [0.25, 0.3) is 5.22 Å². The molecule has 0 amide bonds. The predicted molar refractivity (Wildman–Crippen MR) is 53.0 cm³/mol.